The molecule has 1 fully saturated rings. The van der Waals surface area contributed by atoms with Gasteiger partial charge in [0.25, 0.3) is 17.5 Å². The molecule has 2 heterocycles. The standard InChI is InChI=1S/C23H16ClN3O6S/c1-2-32-15-6-3-13(4-7-15)26-22(29)18(21(28)25-23(26)34)12-16-8-10-20(33-16)17-9-5-14(27(30)31)11-19(17)24/h3-12H,2H2,1H3,(H,25,28,34). The van der Waals surface area contributed by atoms with Gasteiger partial charge >= 0.3 is 0 Å². The van der Waals surface area contributed by atoms with Crippen LogP contribution >= 0.6 is 23.8 Å². The molecule has 0 aliphatic carbocycles. The monoisotopic (exact) mass is 497 g/mol. The van der Waals surface area contributed by atoms with Crippen molar-refractivity contribution in [1.29, 1.82) is 0 Å². The second kappa shape index (κ2) is 9.46. The van der Waals surface area contributed by atoms with Crippen molar-refractivity contribution in [1.82, 2.24) is 5.32 Å². The van der Waals surface area contributed by atoms with E-state index in [1.54, 1.807) is 36.4 Å². The van der Waals surface area contributed by atoms with Crippen LogP contribution in [0.5, 0.6) is 5.75 Å². The maximum absolute atomic E-state index is 13.1. The number of nitrogens with one attached hydrogen (secondary N) is 1. The topological polar surface area (TPSA) is 115 Å². The van der Waals surface area contributed by atoms with Crippen LogP contribution in [0.3, 0.4) is 0 Å². The van der Waals surface area contributed by atoms with Crippen LogP contribution in [0.25, 0.3) is 17.4 Å². The average molecular weight is 498 g/mol. The van der Waals surface area contributed by atoms with Gasteiger partial charge in [0.15, 0.2) is 5.11 Å². The summed E-state index contributed by atoms with van der Waals surface area (Å²) in [5, 5.41) is 13.5. The van der Waals surface area contributed by atoms with Crippen LogP contribution in [-0.2, 0) is 9.59 Å². The molecule has 4 rings (SSSR count). The van der Waals surface area contributed by atoms with Gasteiger partial charge in [-0.3, -0.25) is 29.9 Å². The first kappa shape index (κ1) is 23.1. The van der Waals surface area contributed by atoms with Crippen LogP contribution in [0.15, 0.2) is 64.6 Å². The molecule has 11 heteroatoms. The summed E-state index contributed by atoms with van der Waals surface area (Å²) in [6, 6.07) is 13.8. The van der Waals surface area contributed by atoms with Gasteiger partial charge in [-0.05, 0) is 67.7 Å². The van der Waals surface area contributed by atoms with Gasteiger partial charge in [-0.15, -0.1) is 0 Å². The molecule has 0 spiro atoms. The molecular weight excluding hydrogens is 482 g/mol. The fraction of sp³-hybridized carbons (Fsp3) is 0.0870. The number of thiocarbonyl (C=S) groups is 1. The maximum atomic E-state index is 13.1. The highest BCUT2D eigenvalue weighted by molar-refractivity contribution is 7.80. The molecule has 1 aliphatic heterocycles. The molecule has 2 amide bonds. The van der Waals surface area contributed by atoms with Crippen molar-refractivity contribution in [2.75, 3.05) is 11.5 Å². The van der Waals surface area contributed by atoms with E-state index in [9.17, 15) is 19.7 Å². The molecule has 0 radical (unpaired) electrons. The van der Waals surface area contributed by atoms with Gasteiger partial charge in [-0.1, -0.05) is 11.6 Å². The lowest BCUT2D eigenvalue weighted by Gasteiger charge is -2.28. The molecule has 0 atom stereocenters. The number of benzene rings is 2. The first-order chi connectivity index (χ1) is 16.3. The normalized spacial score (nSPS) is 14.9. The van der Waals surface area contributed by atoms with Crippen molar-refractivity contribution in [3.63, 3.8) is 0 Å². The molecule has 34 heavy (non-hydrogen) atoms. The van der Waals surface area contributed by atoms with Crippen molar-refractivity contribution in [3.8, 4) is 17.1 Å². The molecule has 0 saturated carbocycles. The predicted molar refractivity (Wildman–Crippen MR) is 130 cm³/mol. The van der Waals surface area contributed by atoms with E-state index in [0.717, 1.165) is 0 Å². The number of amides is 2. The first-order valence-corrected chi connectivity index (χ1v) is 10.8. The van der Waals surface area contributed by atoms with Crippen molar-refractivity contribution in [3.05, 3.63) is 81.1 Å². The molecule has 1 aliphatic rings. The second-order valence-corrected chi connectivity index (χ2v) is 7.80. The van der Waals surface area contributed by atoms with Crippen molar-refractivity contribution >= 4 is 58.2 Å². The van der Waals surface area contributed by atoms with Crippen molar-refractivity contribution in [2.24, 2.45) is 0 Å². The number of nitro benzene ring substituents is 1. The Morgan fingerprint density at radius 3 is 2.56 bits per heavy atom. The fourth-order valence-corrected chi connectivity index (χ4v) is 3.83. The zero-order valence-electron chi connectivity index (χ0n) is 17.6. The van der Waals surface area contributed by atoms with Crippen LogP contribution in [0.1, 0.15) is 12.7 Å². The Kier molecular flexibility index (Phi) is 6.44. The highest BCUT2D eigenvalue weighted by Gasteiger charge is 2.34. The summed E-state index contributed by atoms with van der Waals surface area (Å²) < 4.78 is 11.1. The highest BCUT2D eigenvalue weighted by atomic mass is 35.5. The maximum Gasteiger partial charge on any atom is 0.270 e. The molecule has 0 unspecified atom stereocenters. The van der Waals surface area contributed by atoms with Crippen LogP contribution in [0.4, 0.5) is 11.4 Å². The number of nitrogens with zero attached hydrogens (tertiary/aromatic N) is 2. The van der Waals surface area contributed by atoms with Gasteiger partial charge in [0.1, 0.15) is 22.8 Å². The Labute approximate surface area is 203 Å². The number of hydrogen-bond donors (Lipinski definition) is 1. The first-order valence-electron chi connectivity index (χ1n) is 9.97. The largest absolute Gasteiger partial charge is 0.494 e. The number of rotatable bonds is 6. The predicted octanol–water partition coefficient (Wildman–Crippen LogP) is 4.74. The Hall–Kier alpha value is -4.02. The molecular formula is C23H16ClN3O6S. The van der Waals surface area contributed by atoms with E-state index in [1.165, 1.54) is 29.2 Å². The molecule has 1 aromatic heterocycles. The summed E-state index contributed by atoms with van der Waals surface area (Å²) >= 11 is 11.4. The van der Waals surface area contributed by atoms with Gasteiger partial charge in [0.2, 0.25) is 0 Å². The number of halogens is 1. The van der Waals surface area contributed by atoms with E-state index in [2.05, 4.69) is 5.32 Å². The fourth-order valence-electron chi connectivity index (χ4n) is 3.28. The number of nitro groups is 1. The number of hydrogen-bond acceptors (Lipinski definition) is 7. The Balaban J connectivity index is 1.63. The van der Waals surface area contributed by atoms with E-state index in [0.29, 0.717) is 29.4 Å². The van der Waals surface area contributed by atoms with E-state index in [-0.39, 0.29) is 27.2 Å². The van der Waals surface area contributed by atoms with Gasteiger partial charge < -0.3 is 9.15 Å². The van der Waals surface area contributed by atoms with Crippen LogP contribution < -0.4 is 15.0 Å². The summed E-state index contributed by atoms with van der Waals surface area (Å²) in [5.41, 5.74) is 0.548. The molecule has 172 valence electrons. The average Bonchev–Trinajstić information content (AvgIpc) is 3.26. The lowest BCUT2D eigenvalue weighted by molar-refractivity contribution is -0.384. The van der Waals surface area contributed by atoms with Gasteiger partial charge in [0, 0.05) is 17.7 Å². The smallest absolute Gasteiger partial charge is 0.270 e. The van der Waals surface area contributed by atoms with E-state index in [1.807, 2.05) is 6.92 Å². The quantitative estimate of drug-likeness (QED) is 0.172. The van der Waals surface area contributed by atoms with E-state index < -0.39 is 16.7 Å². The minimum absolute atomic E-state index is 0.0471. The van der Waals surface area contributed by atoms with E-state index in [4.69, 9.17) is 33.0 Å². The summed E-state index contributed by atoms with van der Waals surface area (Å²) in [7, 11) is 0. The molecule has 0 bridgehead atoms. The zero-order chi connectivity index (χ0) is 24.4. The van der Waals surface area contributed by atoms with Gasteiger partial charge in [-0.25, -0.2) is 0 Å². The Morgan fingerprint density at radius 1 is 1.18 bits per heavy atom. The van der Waals surface area contributed by atoms with Crippen LogP contribution in [0, 0.1) is 10.1 Å². The summed E-state index contributed by atoms with van der Waals surface area (Å²) in [5.74, 6) is -0.126. The third kappa shape index (κ3) is 4.54. The highest BCUT2D eigenvalue weighted by Crippen LogP contribution is 2.33. The SMILES string of the molecule is CCOc1ccc(N2C(=O)C(=Cc3ccc(-c4ccc([N+](=O)[O-])cc4Cl)o3)C(=O)NC2=S)cc1. The van der Waals surface area contributed by atoms with E-state index >= 15 is 0 Å². The second-order valence-electron chi connectivity index (χ2n) is 7.01. The number of furan rings is 1. The minimum Gasteiger partial charge on any atom is -0.494 e. The lowest BCUT2D eigenvalue weighted by atomic mass is 10.1. The lowest BCUT2D eigenvalue weighted by Crippen LogP contribution is -2.54. The number of ether oxygens (including phenoxy) is 1. The Morgan fingerprint density at radius 2 is 1.91 bits per heavy atom. The molecule has 9 nitrogen and oxygen atoms in total. The molecule has 1 saturated heterocycles. The number of non-ortho nitro benzene ring substituents is 1. The summed E-state index contributed by atoms with van der Waals surface area (Å²) in [6.45, 7) is 2.36. The van der Waals surface area contributed by atoms with Crippen LogP contribution in [-0.4, -0.2) is 28.5 Å². The third-order valence-electron chi connectivity index (χ3n) is 4.85. The molecule has 3 aromatic rings. The number of anilines is 1. The van der Waals surface area contributed by atoms with Gasteiger partial charge in [-0.2, -0.15) is 0 Å². The third-order valence-corrected chi connectivity index (χ3v) is 5.45. The zero-order valence-corrected chi connectivity index (χ0v) is 19.2. The minimum atomic E-state index is -0.663. The van der Waals surface area contributed by atoms with Gasteiger partial charge in [0.05, 0.1) is 22.2 Å². The molecule has 2 aromatic carbocycles. The summed E-state index contributed by atoms with van der Waals surface area (Å²) in [6.07, 6.45) is 1.30. The summed E-state index contributed by atoms with van der Waals surface area (Å²) in [4.78, 5) is 37.2. The van der Waals surface area contributed by atoms with Crippen molar-refractivity contribution in [2.45, 2.75) is 6.92 Å². The number of carbonyl (C=O) groups is 2. The van der Waals surface area contributed by atoms with Crippen LogP contribution in [0.2, 0.25) is 5.02 Å². The molecule has 1 N–H and O–H groups in total. The number of carbonyl (C=O) groups excluding carboxylic acids is 2. The Bertz CT molecular complexity index is 1350. The van der Waals surface area contributed by atoms with Crippen molar-refractivity contribution < 1.29 is 23.7 Å².